The summed E-state index contributed by atoms with van der Waals surface area (Å²) < 4.78 is 0. The Morgan fingerprint density at radius 1 is 0.833 bits per heavy atom. The minimum atomic E-state index is -0.450. The van der Waals surface area contributed by atoms with Gasteiger partial charge in [0.15, 0.2) is 0 Å². The van der Waals surface area contributed by atoms with E-state index >= 15 is 0 Å². The van der Waals surface area contributed by atoms with Crippen molar-refractivity contribution in [1.82, 2.24) is 0 Å². The molecule has 0 aliphatic heterocycles. The van der Waals surface area contributed by atoms with Gasteiger partial charge in [-0.05, 0) is 0 Å². The number of hydrogen-bond donors (Lipinski definition) is 0. The van der Waals surface area contributed by atoms with E-state index in [4.69, 9.17) is 0 Å². The zero-order valence-electron chi connectivity index (χ0n) is 4.26. The molecule has 0 rings (SSSR count). The molecule has 0 aromatic carbocycles. The third kappa shape index (κ3) is 53.4. The van der Waals surface area contributed by atoms with Crippen molar-refractivity contribution in [1.29, 1.82) is 0 Å². The predicted molar refractivity (Wildman–Crippen MR) is 37.8 cm³/mol. The molecular formula is C3H11Cl2Sb. The molecule has 0 radical (unpaired) electrons. The Morgan fingerprint density at radius 2 is 0.833 bits per heavy atom. The zero-order chi connectivity index (χ0) is 3.58. The summed E-state index contributed by atoms with van der Waals surface area (Å²) in [6.45, 7) is 0. The third-order valence-electron chi connectivity index (χ3n) is 0. The average molecular weight is 240 g/mol. The topological polar surface area (TPSA) is 0 Å². The van der Waals surface area contributed by atoms with Crippen LogP contribution in [0, 0.1) is 0 Å². The van der Waals surface area contributed by atoms with Gasteiger partial charge in [-0.25, -0.2) is 0 Å². The van der Waals surface area contributed by atoms with E-state index < -0.39 is 20.2 Å². The Bertz CT molecular complexity index is 13.5. The summed E-state index contributed by atoms with van der Waals surface area (Å²) in [5.41, 5.74) is 0. The van der Waals surface area contributed by atoms with E-state index in [1.54, 1.807) is 0 Å². The van der Waals surface area contributed by atoms with E-state index in [-0.39, 0.29) is 24.8 Å². The summed E-state index contributed by atoms with van der Waals surface area (Å²) in [4.78, 5) is 7.05. The Hall–Kier alpha value is 1.40. The fraction of sp³-hybridized carbons (Fsp3) is 1.00. The number of rotatable bonds is 0. The first-order valence-electron chi connectivity index (χ1n) is 1.34. The molecule has 0 aliphatic rings. The molecule has 0 spiro atoms. The third-order valence-corrected chi connectivity index (χ3v) is 0. The Kier molecular flexibility index (Phi) is 25.2. The molecule has 0 saturated heterocycles. The average Bonchev–Trinajstić information content (AvgIpc) is 0.811. The predicted octanol–water partition coefficient (Wildman–Crippen LogP) is 2.21. The van der Waals surface area contributed by atoms with Gasteiger partial charge in [-0.15, -0.1) is 24.8 Å². The zero-order valence-corrected chi connectivity index (χ0v) is 8.45. The second kappa shape index (κ2) is 9.64. The summed E-state index contributed by atoms with van der Waals surface area (Å²) in [7, 11) is 0. The van der Waals surface area contributed by atoms with Crippen LogP contribution in [0.3, 0.4) is 0 Å². The molecule has 0 saturated carbocycles. The van der Waals surface area contributed by atoms with Crippen LogP contribution in [0.1, 0.15) is 0 Å². The van der Waals surface area contributed by atoms with E-state index in [0.29, 0.717) is 0 Å². The second-order valence-corrected chi connectivity index (χ2v) is 9.00. The summed E-state index contributed by atoms with van der Waals surface area (Å²) in [6, 6.07) is 0. The SMILES string of the molecule is Cl.Cl.[CH3][Sb]([CH3])[CH3]. The molecule has 0 nitrogen and oxygen atoms in total. The van der Waals surface area contributed by atoms with Crippen LogP contribution in [0.15, 0.2) is 0 Å². The standard InChI is InChI=1S/3CH3.2ClH.Sb/h3*1H3;2*1H;. The molecule has 0 aromatic rings. The van der Waals surface area contributed by atoms with Crippen molar-refractivity contribution in [2.75, 3.05) is 0 Å². The van der Waals surface area contributed by atoms with Gasteiger partial charge in [0.05, 0.1) is 0 Å². The van der Waals surface area contributed by atoms with Crippen LogP contribution in [-0.4, -0.2) is 20.2 Å². The van der Waals surface area contributed by atoms with Crippen LogP contribution in [-0.2, 0) is 0 Å². The molecular weight excluding hydrogens is 229 g/mol. The molecule has 0 aliphatic carbocycles. The van der Waals surface area contributed by atoms with E-state index in [0.717, 1.165) is 0 Å². The van der Waals surface area contributed by atoms with Gasteiger partial charge >= 0.3 is 34.8 Å². The fourth-order valence-electron chi connectivity index (χ4n) is 0. The first-order chi connectivity index (χ1) is 1.73. The Balaban J connectivity index is -0.0000000450. The summed E-state index contributed by atoms with van der Waals surface area (Å²) in [6.07, 6.45) is 0. The molecule has 0 unspecified atom stereocenters. The summed E-state index contributed by atoms with van der Waals surface area (Å²) in [5, 5.41) is 0. The molecule has 0 atom stereocenters. The first-order valence-corrected chi connectivity index (χ1v) is 9.00. The summed E-state index contributed by atoms with van der Waals surface area (Å²) >= 11 is -0.450. The Morgan fingerprint density at radius 3 is 0.833 bits per heavy atom. The molecule has 0 aromatic heterocycles. The van der Waals surface area contributed by atoms with Crippen LogP contribution in [0.25, 0.3) is 0 Å². The van der Waals surface area contributed by atoms with Crippen molar-refractivity contribution >= 4 is 45.0 Å². The van der Waals surface area contributed by atoms with Crippen LogP contribution in [0.2, 0.25) is 14.6 Å². The van der Waals surface area contributed by atoms with Gasteiger partial charge in [-0.3, -0.25) is 0 Å². The van der Waals surface area contributed by atoms with Crippen molar-refractivity contribution in [3.05, 3.63) is 0 Å². The molecule has 0 heterocycles. The number of hydrogen-bond acceptors (Lipinski definition) is 0. The Labute approximate surface area is 59.5 Å². The molecule has 6 heavy (non-hydrogen) atoms. The molecule has 0 N–H and O–H groups in total. The molecule has 0 amide bonds. The van der Waals surface area contributed by atoms with Crippen LogP contribution < -0.4 is 0 Å². The van der Waals surface area contributed by atoms with Crippen molar-refractivity contribution in [3.63, 3.8) is 0 Å². The van der Waals surface area contributed by atoms with Gasteiger partial charge in [0.25, 0.3) is 0 Å². The minimum absolute atomic E-state index is 0. The van der Waals surface area contributed by atoms with Crippen molar-refractivity contribution in [2.45, 2.75) is 14.6 Å². The molecule has 0 bridgehead atoms. The monoisotopic (exact) mass is 238 g/mol. The van der Waals surface area contributed by atoms with Gasteiger partial charge in [0.2, 0.25) is 0 Å². The fourth-order valence-corrected chi connectivity index (χ4v) is 0. The molecule has 42 valence electrons. The van der Waals surface area contributed by atoms with Crippen LogP contribution >= 0.6 is 24.8 Å². The van der Waals surface area contributed by atoms with E-state index in [1.165, 1.54) is 0 Å². The maximum absolute atomic E-state index is 2.35. The van der Waals surface area contributed by atoms with E-state index in [9.17, 15) is 0 Å². The van der Waals surface area contributed by atoms with Gasteiger partial charge in [0.1, 0.15) is 0 Å². The van der Waals surface area contributed by atoms with E-state index in [1.807, 2.05) is 0 Å². The van der Waals surface area contributed by atoms with Crippen molar-refractivity contribution < 1.29 is 0 Å². The summed E-state index contributed by atoms with van der Waals surface area (Å²) in [5.74, 6) is 0. The maximum atomic E-state index is 2.35. The van der Waals surface area contributed by atoms with Gasteiger partial charge in [0, 0.05) is 0 Å². The van der Waals surface area contributed by atoms with Crippen molar-refractivity contribution in [2.24, 2.45) is 0 Å². The van der Waals surface area contributed by atoms with Crippen molar-refractivity contribution in [3.8, 4) is 0 Å². The van der Waals surface area contributed by atoms with Gasteiger partial charge in [-0.1, -0.05) is 0 Å². The van der Waals surface area contributed by atoms with Gasteiger partial charge < -0.3 is 0 Å². The van der Waals surface area contributed by atoms with Gasteiger partial charge in [-0.2, -0.15) is 0 Å². The van der Waals surface area contributed by atoms with Crippen LogP contribution in [0.5, 0.6) is 0 Å². The number of halogens is 2. The normalized spacial score (nSPS) is 6.00. The first kappa shape index (κ1) is 15.7. The molecule has 3 heteroatoms. The van der Waals surface area contributed by atoms with Crippen LogP contribution in [0.4, 0.5) is 0 Å². The quantitative estimate of drug-likeness (QED) is 0.569. The second-order valence-electron chi connectivity index (χ2n) is 1.34. The molecule has 0 fully saturated rings. The van der Waals surface area contributed by atoms with E-state index in [2.05, 4.69) is 14.6 Å².